The molecule has 0 atom stereocenters. The molecule has 1 aromatic heterocycles. The number of nitrogens with zero attached hydrogens (tertiary/aromatic N) is 2. The van der Waals surface area contributed by atoms with E-state index < -0.39 is 16.0 Å². The molecule has 42 heavy (non-hydrogen) atoms. The summed E-state index contributed by atoms with van der Waals surface area (Å²) >= 11 is 6.03. The van der Waals surface area contributed by atoms with Crippen LogP contribution in [0, 0.1) is 6.92 Å². The summed E-state index contributed by atoms with van der Waals surface area (Å²) in [5.41, 5.74) is 2.47. The van der Waals surface area contributed by atoms with E-state index in [9.17, 15) is 18.0 Å². The van der Waals surface area contributed by atoms with Crippen LogP contribution in [0.3, 0.4) is 0 Å². The molecular formula is C31H33ClN2O7S. The van der Waals surface area contributed by atoms with Crippen molar-refractivity contribution in [1.82, 2.24) is 9.21 Å². The van der Waals surface area contributed by atoms with Gasteiger partial charge in [0.1, 0.15) is 11.5 Å². The van der Waals surface area contributed by atoms with Crippen molar-refractivity contribution >= 4 is 39.6 Å². The van der Waals surface area contributed by atoms with Crippen LogP contribution in [-0.4, -0.2) is 56.9 Å². The molecule has 0 N–H and O–H groups in total. The molecule has 1 aliphatic heterocycles. The van der Waals surface area contributed by atoms with E-state index in [1.807, 2.05) is 6.92 Å². The van der Waals surface area contributed by atoms with Crippen LogP contribution in [-0.2, 0) is 42.2 Å². The Balaban J connectivity index is 1.65. The lowest BCUT2D eigenvalue weighted by Crippen LogP contribution is -2.30. The van der Waals surface area contributed by atoms with Gasteiger partial charge in [-0.2, -0.15) is 4.31 Å². The first kappa shape index (κ1) is 31.2. The Morgan fingerprint density at radius 2 is 1.69 bits per heavy atom. The lowest BCUT2D eigenvalue weighted by molar-refractivity contribution is -0.136. The smallest absolute Gasteiger partial charge is 0.340 e. The van der Waals surface area contributed by atoms with E-state index in [0.717, 1.165) is 11.1 Å². The lowest BCUT2D eigenvalue weighted by atomic mass is 10.1. The van der Waals surface area contributed by atoms with Crippen LogP contribution in [0.15, 0.2) is 86.8 Å². The Hall–Kier alpha value is -3.70. The van der Waals surface area contributed by atoms with Gasteiger partial charge in [0.15, 0.2) is 0 Å². The third-order valence-corrected chi connectivity index (χ3v) is 8.92. The largest absolute Gasteiger partial charge is 0.465 e. The molecule has 0 aliphatic carbocycles. The predicted octanol–water partition coefficient (Wildman–Crippen LogP) is 5.34. The first-order valence-electron chi connectivity index (χ1n) is 13.3. The van der Waals surface area contributed by atoms with Crippen molar-refractivity contribution in [2.24, 2.45) is 0 Å². The monoisotopic (exact) mass is 612 g/mol. The van der Waals surface area contributed by atoms with Crippen molar-refractivity contribution in [2.75, 3.05) is 27.4 Å². The van der Waals surface area contributed by atoms with Gasteiger partial charge in [-0.05, 0) is 68.3 Å². The molecule has 1 aliphatic rings. The molecule has 0 radical (unpaired) electrons. The van der Waals surface area contributed by atoms with E-state index >= 15 is 0 Å². The normalized spacial score (nSPS) is 14.9. The molecule has 0 fully saturated rings. The van der Waals surface area contributed by atoms with Gasteiger partial charge >= 0.3 is 5.97 Å². The van der Waals surface area contributed by atoms with Gasteiger partial charge in [-0.15, -0.1) is 0 Å². The molecule has 9 nitrogen and oxygen atoms in total. The highest BCUT2D eigenvalue weighted by atomic mass is 35.5. The zero-order valence-electron chi connectivity index (χ0n) is 23.9. The molecule has 222 valence electrons. The van der Waals surface area contributed by atoms with Crippen molar-refractivity contribution in [1.29, 1.82) is 0 Å². The second kappa shape index (κ2) is 13.5. The lowest BCUT2D eigenvalue weighted by Gasteiger charge is -2.21. The SMILES string of the molecule is COCCCN1C(=O)/C(=C/c2ccc(CN(Cc3ccc(Cl)cc3)S(=O)(=O)c3ccc(C)cc3)o2)C(C(=O)OC)=C1C. The molecular weight excluding hydrogens is 580 g/mol. The first-order valence-corrected chi connectivity index (χ1v) is 15.1. The molecule has 1 amide bonds. The maximum Gasteiger partial charge on any atom is 0.340 e. The number of halogens is 1. The fraction of sp³-hybridized carbons (Fsp3) is 0.290. The fourth-order valence-corrected chi connectivity index (χ4v) is 6.14. The molecule has 0 saturated carbocycles. The number of sulfonamides is 1. The van der Waals surface area contributed by atoms with E-state index in [1.165, 1.54) is 22.4 Å². The van der Waals surface area contributed by atoms with Crippen LogP contribution in [0.4, 0.5) is 0 Å². The maximum atomic E-state index is 13.7. The predicted molar refractivity (Wildman–Crippen MR) is 159 cm³/mol. The van der Waals surface area contributed by atoms with E-state index in [-0.39, 0.29) is 35.0 Å². The van der Waals surface area contributed by atoms with Gasteiger partial charge in [0.2, 0.25) is 10.0 Å². The minimum Gasteiger partial charge on any atom is -0.465 e. The van der Waals surface area contributed by atoms with E-state index in [2.05, 4.69) is 0 Å². The number of amides is 1. The third kappa shape index (κ3) is 7.01. The summed E-state index contributed by atoms with van der Waals surface area (Å²) in [4.78, 5) is 27.6. The van der Waals surface area contributed by atoms with Crippen LogP contribution < -0.4 is 0 Å². The highest BCUT2D eigenvalue weighted by Crippen LogP contribution is 2.32. The average Bonchev–Trinajstić information content (AvgIpc) is 3.51. The van der Waals surface area contributed by atoms with Crippen LogP contribution in [0.2, 0.25) is 5.02 Å². The van der Waals surface area contributed by atoms with Gasteiger partial charge in [-0.1, -0.05) is 41.4 Å². The zero-order valence-corrected chi connectivity index (χ0v) is 25.5. The summed E-state index contributed by atoms with van der Waals surface area (Å²) in [6.45, 7) is 4.41. The number of carbonyl (C=O) groups is 2. The quantitative estimate of drug-likeness (QED) is 0.154. The Morgan fingerprint density at radius 1 is 1.00 bits per heavy atom. The second-order valence-electron chi connectivity index (χ2n) is 9.83. The first-order chi connectivity index (χ1) is 20.0. The van der Waals surface area contributed by atoms with Crippen molar-refractivity contribution in [3.63, 3.8) is 0 Å². The zero-order chi connectivity index (χ0) is 30.4. The fourth-order valence-electron chi connectivity index (χ4n) is 4.62. The topological polar surface area (TPSA) is 106 Å². The summed E-state index contributed by atoms with van der Waals surface area (Å²) in [6.07, 6.45) is 2.07. The summed E-state index contributed by atoms with van der Waals surface area (Å²) in [7, 11) is -1.07. The van der Waals surface area contributed by atoms with Crippen molar-refractivity contribution in [2.45, 2.75) is 38.3 Å². The summed E-state index contributed by atoms with van der Waals surface area (Å²) < 4.78 is 44.8. The molecule has 0 spiro atoms. The number of methoxy groups -OCH3 is 2. The number of allylic oxidation sites excluding steroid dienone is 1. The van der Waals surface area contributed by atoms with E-state index in [1.54, 1.807) is 74.7 Å². The number of esters is 1. The Kier molecular flexibility index (Phi) is 10.1. The molecule has 0 saturated heterocycles. The minimum absolute atomic E-state index is 0.0716. The Bertz CT molecular complexity index is 1610. The van der Waals surface area contributed by atoms with Crippen molar-refractivity contribution < 1.29 is 31.9 Å². The molecule has 0 unspecified atom stereocenters. The number of hydrogen-bond acceptors (Lipinski definition) is 7. The van der Waals surface area contributed by atoms with Gasteiger partial charge in [0, 0.05) is 37.5 Å². The van der Waals surface area contributed by atoms with Crippen LogP contribution in [0.1, 0.15) is 36.0 Å². The molecule has 11 heteroatoms. The number of hydrogen-bond donors (Lipinski definition) is 0. The average molecular weight is 613 g/mol. The van der Waals surface area contributed by atoms with Crippen LogP contribution in [0.25, 0.3) is 6.08 Å². The second-order valence-corrected chi connectivity index (χ2v) is 12.2. The van der Waals surface area contributed by atoms with E-state index in [4.69, 9.17) is 25.5 Å². The van der Waals surface area contributed by atoms with Gasteiger partial charge in [-0.25, -0.2) is 13.2 Å². The molecule has 4 rings (SSSR count). The molecule has 2 aromatic carbocycles. The third-order valence-electron chi connectivity index (χ3n) is 6.86. The maximum absolute atomic E-state index is 13.7. The number of ether oxygens (including phenoxy) is 2. The summed E-state index contributed by atoms with van der Waals surface area (Å²) in [6, 6.07) is 16.9. The summed E-state index contributed by atoms with van der Waals surface area (Å²) in [5, 5.41) is 0.546. The highest BCUT2D eigenvalue weighted by Gasteiger charge is 2.37. The number of benzene rings is 2. The number of rotatable bonds is 12. The molecule has 2 heterocycles. The van der Waals surface area contributed by atoms with Crippen LogP contribution in [0.5, 0.6) is 0 Å². The van der Waals surface area contributed by atoms with Crippen LogP contribution >= 0.6 is 11.6 Å². The Morgan fingerprint density at radius 3 is 2.33 bits per heavy atom. The number of aryl methyl sites for hydroxylation is 1. The Labute approximate surface area is 251 Å². The minimum atomic E-state index is -3.91. The van der Waals surface area contributed by atoms with Gasteiger partial charge in [0.05, 0.1) is 29.7 Å². The van der Waals surface area contributed by atoms with Gasteiger partial charge in [-0.3, -0.25) is 4.79 Å². The van der Waals surface area contributed by atoms with Crippen molar-refractivity contribution in [3.05, 3.63) is 105 Å². The number of furan rings is 1. The summed E-state index contributed by atoms with van der Waals surface area (Å²) in [5.74, 6) is -0.339. The highest BCUT2D eigenvalue weighted by molar-refractivity contribution is 7.89. The molecule has 3 aromatic rings. The number of carbonyl (C=O) groups excluding carboxylic acids is 2. The van der Waals surface area contributed by atoms with Crippen molar-refractivity contribution in [3.8, 4) is 0 Å². The molecule has 0 bridgehead atoms. The van der Waals surface area contributed by atoms with E-state index in [0.29, 0.717) is 41.8 Å². The van der Waals surface area contributed by atoms with Gasteiger partial charge < -0.3 is 18.8 Å². The van der Waals surface area contributed by atoms with Gasteiger partial charge in [0.25, 0.3) is 5.91 Å². The standard InChI is InChI=1S/C31H33ClN2O7S/c1-21-6-14-27(15-7-21)42(37,38)33(19-23-8-10-24(32)11-9-23)20-26-13-12-25(41-26)18-28-29(31(36)40-4)22(2)34(30(28)35)16-5-17-39-3/h6-15,18H,5,16-17,19-20H2,1-4H3/b28-18+.